The van der Waals surface area contributed by atoms with E-state index in [0.717, 1.165) is 16.6 Å². The van der Waals surface area contributed by atoms with Gasteiger partial charge in [0.05, 0.1) is 5.52 Å². The van der Waals surface area contributed by atoms with Crippen LogP contribution in [0.5, 0.6) is 0 Å². The molecule has 0 saturated heterocycles. The number of aromatic nitrogens is 3. The predicted octanol–water partition coefficient (Wildman–Crippen LogP) is 2.31. The van der Waals surface area contributed by atoms with Gasteiger partial charge in [-0.05, 0) is 17.7 Å². The average Bonchev–Trinajstić information content (AvgIpc) is 2.93. The zero-order chi connectivity index (χ0) is 13.9. The highest BCUT2D eigenvalue weighted by molar-refractivity contribution is 5.73. The average molecular weight is 269 g/mol. The fourth-order valence-corrected chi connectivity index (χ4v) is 2.25. The van der Waals surface area contributed by atoms with E-state index in [-0.39, 0.29) is 0 Å². The van der Waals surface area contributed by atoms with Gasteiger partial charge in [0.15, 0.2) is 6.23 Å². The monoisotopic (exact) mass is 269 g/mol. The van der Waals surface area contributed by atoms with Crippen LogP contribution in [0, 0.1) is 0 Å². The molecule has 0 aliphatic heterocycles. The fraction of sp³-hybridized carbons (Fsp3) is 0.200. The van der Waals surface area contributed by atoms with Gasteiger partial charge in [-0.15, -0.1) is 5.10 Å². The number of aliphatic hydroxyl groups is 1. The highest BCUT2D eigenvalue weighted by Crippen LogP contribution is 2.28. The third kappa shape index (κ3) is 2.17. The van der Waals surface area contributed by atoms with Crippen LogP contribution in [-0.2, 0) is 4.74 Å². The lowest BCUT2D eigenvalue weighted by Crippen LogP contribution is -2.20. The molecule has 0 saturated carbocycles. The number of nitrogens with zero attached hydrogens (tertiary/aromatic N) is 3. The summed E-state index contributed by atoms with van der Waals surface area (Å²) >= 11 is 0. The van der Waals surface area contributed by atoms with Gasteiger partial charge in [0.25, 0.3) is 0 Å². The Kier molecular flexibility index (Phi) is 3.45. The van der Waals surface area contributed by atoms with Crippen molar-refractivity contribution in [3.63, 3.8) is 0 Å². The zero-order valence-electron chi connectivity index (χ0n) is 11.0. The maximum Gasteiger partial charge on any atom is 0.182 e. The van der Waals surface area contributed by atoms with E-state index in [1.54, 1.807) is 11.8 Å². The standard InChI is InChI=1S/C15H15N3O2/c1-20-15(14(19)11-7-3-2-4-8-11)18-13-10-6-5-9-12(13)16-17-18/h2-10,14-15,19H,1H3. The minimum Gasteiger partial charge on any atom is -0.384 e. The van der Waals surface area contributed by atoms with Gasteiger partial charge >= 0.3 is 0 Å². The van der Waals surface area contributed by atoms with Gasteiger partial charge in [0.2, 0.25) is 0 Å². The first-order valence-electron chi connectivity index (χ1n) is 6.37. The lowest BCUT2D eigenvalue weighted by molar-refractivity contribution is -0.0653. The molecule has 3 rings (SSSR count). The lowest BCUT2D eigenvalue weighted by Gasteiger charge is -2.22. The number of aliphatic hydroxyl groups excluding tert-OH is 1. The third-order valence-electron chi connectivity index (χ3n) is 3.27. The molecule has 2 aromatic carbocycles. The van der Waals surface area contributed by atoms with E-state index in [4.69, 9.17) is 4.74 Å². The van der Waals surface area contributed by atoms with Crippen LogP contribution in [0.2, 0.25) is 0 Å². The molecule has 20 heavy (non-hydrogen) atoms. The largest absolute Gasteiger partial charge is 0.384 e. The van der Waals surface area contributed by atoms with E-state index >= 15 is 0 Å². The smallest absolute Gasteiger partial charge is 0.182 e. The molecule has 2 unspecified atom stereocenters. The predicted molar refractivity (Wildman–Crippen MR) is 75.0 cm³/mol. The minimum atomic E-state index is -0.814. The Morgan fingerprint density at radius 2 is 1.75 bits per heavy atom. The summed E-state index contributed by atoms with van der Waals surface area (Å²) in [5.74, 6) is 0. The summed E-state index contributed by atoms with van der Waals surface area (Å²) in [4.78, 5) is 0. The van der Waals surface area contributed by atoms with Crippen molar-refractivity contribution in [2.45, 2.75) is 12.3 Å². The Balaban J connectivity index is 2.01. The number of fused-ring (bicyclic) bond motifs is 1. The summed E-state index contributed by atoms with van der Waals surface area (Å²) in [5, 5.41) is 18.7. The first kappa shape index (κ1) is 12.8. The van der Waals surface area contributed by atoms with Gasteiger partial charge in [-0.25, -0.2) is 4.68 Å². The molecule has 0 aliphatic carbocycles. The SMILES string of the molecule is COC(C(O)c1ccccc1)n1nnc2ccccc21. The van der Waals surface area contributed by atoms with Crippen LogP contribution in [0.4, 0.5) is 0 Å². The lowest BCUT2D eigenvalue weighted by atomic mass is 10.1. The van der Waals surface area contributed by atoms with Crippen LogP contribution in [0.1, 0.15) is 17.9 Å². The van der Waals surface area contributed by atoms with Gasteiger partial charge in [0, 0.05) is 7.11 Å². The molecule has 0 spiro atoms. The van der Waals surface area contributed by atoms with E-state index in [0.29, 0.717) is 0 Å². The van der Waals surface area contributed by atoms with Crippen molar-refractivity contribution in [3.05, 3.63) is 60.2 Å². The quantitative estimate of drug-likeness (QED) is 0.789. The molecule has 1 aromatic heterocycles. The van der Waals surface area contributed by atoms with Crippen LogP contribution >= 0.6 is 0 Å². The third-order valence-corrected chi connectivity index (χ3v) is 3.27. The number of hydrogen-bond acceptors (Lipinski definition) is 4. The van der Waals surface area contributed by atoms with Crippen molar-refractivity contribution in [1.29, 1.82) is 0 Å². The van der Waals surface area contributed by atoms with Gasteiger partial charge < -0.3 is 9.84 Å². The second-order valence-corrected chi connectivity index (χ2v) is 4.50. The maximum atomic E-state index is 10.5. The van der Waals surface area contributed by atoms with E-state index in [1.807, 2.05) is 54.6 Å². The highest BCUT2D eigenvalue weighted by atomic mass is 16.5. The number of hydrogen-bond donors (Lipinski definition) is 1. The van der Waals surface area contributed by atoms with Crippen molar-refractivity contribution >= 4 is 11.0 Å². The number of para-hydroxylation sites is 1. The van der Waals surface area contributed by atoms with Crippen LogP contribution in [0.15, 0.2) is 54.6 Å². The van der Waals surface area contributed by atoms with E-state index in [1.165, 1.54) is 0 Å². The summed E-state index contributed by atoms with van der Waals surface area (Å²) in [6.07, 6.45) is -1.43. The number of rotatable bonds is 4. The molecule has 1 heterocycles. The fourth-order valence-electron chi connectivity index (χ4n) is 2.25. The first-order chi connectivity index (χ1) is 9.81. The topological polar surface area (TPSA) is 60.2 Å². The Morgan fingerprint density at radius 1 is 1.05 bits per heavy atom. The molecule has 0 radical (unpaired) electrons. The Morgan fingerprint density at radius 3 is 2.50 bits per heavy atom. The Labute approximate surface area is 116 Å². The molecule has 1 N–H and O–H groups in total. The van der Waals surface area contributed by atoms with Crippen LogP contribution in [0.3, 0.4) is 0 Å². The summed E-state index contributed by atoms with van der Waals surface area (Å²) in [6.45, 7) is 0. The summed E-state index contributed by atoms with van der Waals surface area (Å²) in [5.41, 5.74) is 2.38. The molecule has 102 valence electrons. The number of ether oxygens (including phenoxy) is 1. The minimum absolute atomic E-state index is 0.621. The second-order valence-electron chi connectivity index (χ2n) is 4.50. The molecule has 2 atom stereocenters. The molecule has 0 fully saturated rings. The van der Waals surface area contributed by atoms with E-state index in [2.05, 4.69) is 10.3 Å². The molecule has 0 bridgehead atoms. The Bertz CT molecular complexity index is 696. The normalized spacial score (nSPS) is 14.3. The van der Waals surface area contributed by atoms with Gasteiger partial charge in [-0.1, -0.05) is 47.7 Å². The molecule has 5 nitrogen and oxygen atoms in total. The van der Waals surface area contributed by atoms with Crippen molar-refractivity contribution in [2.75, 3.05) is 7.11 Å². The molecule has 5 heteroatoms. The van der Waals surface area contributed by atoms with Crippen molar-refractivity contribution < 1.29 is 9.84 Å². The van der Waals surface area contributed by atoms with Crippen molar-refractivity contribution in [2.24, 2.45) is 0 Å². The van der Waals surface area contributed by atoms with E-state index < -0.39 is 12.3 Å². The summed E-state index contributed by atoms with van der Waals surface area (Å²) in [6, 6.07) is 17.0. The molecule has 0 amide bonds. The number of methoxy groups -OCH3 is 1. The van der Waals surface area contributed by atoms with Gasteiger partial charge in [-0.2, -0.15) is 0 Å². The summed E-state index contributed by atoms with van der Waals surface area (Å²) < 4.78 is 7.03. The van der Waals surface area contributed by atoms with Gasteiger partial charge in [-0.3, -0.25) is 0 Å². The van der Waals surface area contributed by atoms with Crippen LogP contribution in [-0.4, -0.2) is 27.2 Å². The Hall–Kier alpha value is -2.24. The van der Waals surface area contributed by atoms with Crippen LogP contribution in [0.25, 0.3) is 11.0 Å². The molecular formula is C15H15N3O2. The van der Waals surface area contributed by atoms with Gasteiger partial charge in [0.1, 0.15) is 11.6 Å². The highest BCUT2D eigenvalue weighted by Gasteiger charge is 2.24. The van der Waals surface area contributed by atoms with Crippen molar-refractivity contribution in [3.8, 4) is 0 Å². The first-order valence-corrected chi connectivity index (χ1v) is 6.37. The maximum absolute atomic E-state index is 10.5. The second kappa shape index (κ2) is 5.40. The number of benzene rings is 2. The van der Waals surface area contributed by atoms with Crippen molar-refractivity contribution in [1.82, 2.24) is 15.0 Å². The zero-order valence-corrected chi connectivity index (χ0v) is 11.0. The van der Waals surface area contributed by atoms with Crippen LogP contribution < -0.4 is 0 Å². The van der Waals surface area contributed by atoms with E-state index in [9.17, 15) is 5.11 Å². The molecular weight excluding hydrogens is 254 g/mol. The summed E-state index contributed by atoms with van der Waals surface area (Å²) in [7, 11) is 1.55. The molecule has 3 aromatic rings. The molecule has 0 aliphatic rings.